The second-order valence-corrected chi connectivity index (χ2v) is 7.07. The van der Waals surface area contributed by atoms with Crippen molar-refractivity contribution in [2.24, 2.45) is 0 Å². The van der Waals surface area contributed by atoms with Crippen LogP contribution in [0.3, 0.4) is 0 Å². The molecule has 154 valence electrons. The molecule has 2 N–H and O–H groups in total. The highest BCUT2D eigenvalue weighted by Crippen LogP contribution is 2.20. The first-order valence-corrected chi connectivity index (χ1v) is 10.0. The summed E-state index contributed by atoms with van der Waals surface area (Å²) in [6.07, 6.45) is 2.06. The highest BCUT2D eigenvalue weighted by Gasteiger charge is 2.21. The minimum absolute atomic E-state index is 0.0111. The van der Waals surface area contributed by atoms with Crippen molar-refractivity contribution in [1.29, 1.82) is 0 Å². The van der Waals surface area contributed by atoms with Gasteiger partial charge in [0.05, 0.1) is 0 Å². The van der Waals surface area contributed by atoms with Gasteiger partial charge in [0.2, 0.25) is 0 Å². The normalized spacial score (nSPS) is 13.9. The lowest BCUT2D eigenvalue weighted by molar-refractivity contribution is 0.102. The average Bonchev–Trinajstić information content (AvgIpc) is 2.75. The molecule has 6 nitrogen and oxygen atoms in total. The lowest BCUT2D eigenvalue weighted by Crippen LogP contribution is -2.52. The van der Waals surface area contributed by atoms with Gasteiger partial charge in [0, 0.05) is 49.7 Å². The Bertz CT molecular complexity index is 816. The number of benzene rings is 2. The van der Waals surface area contributed by atoms with E-state index in [0.717, 1.165) is 38.2 Å². The van der Waals surface area contributed by atoms with Crippen molar-refractivity contribution in [2.75, 3.05) is 42.9 Å². The number of urea groups is 1. The molecule has 3 amide bonds. The summed E-state index contributed by atoms with van der Waals surface area (Å²) >= 11 is 0. The number of nitrogens with zero attached hydrogens (tertiary/aromatic N) is 2. The molecule has 0 aliphatic carbocycles. The molecule has 1 aliphatic rings. The van der Waals surface area contributed by atoms with Gasteiger partial charge in [0.1, 0.15) is 5.82 Å². The van der Waals surface area contributed by atoms with Crippen LogP contribution in [0.2, 0.25) is 0 Å². The summed E-state index contributed by atoms with van der Waals surface area (Å²) in [7, 11) is 0. The maximum Gasteiger partial charge on any atom is 0.317 e. The molecule has 2 aromatic carbocycles. The Kier molecular flexibility index (Phi) is 7.05. The van der Waals surface area contributed by atoms with Crippen LogP contribution < -0.4 is 15.5 Å². The number of anilines is 2. The number of unbranched alkanes of at least 4 members (excludes halogenated alkanes) is 1. The van der Waals surface area contributed by atoms with Crippen molar-refractivity contribution >= 4 is 23.3 Å². The van der Waals surface area contributed by atoms with Crippen LogP contribution in [0.5, 0.6) is 0 Å². The highest BCUT2D eigenvalue weighted by atomic mass is 19.1. The average molecular weight is 398 g/mol. The molecule has 1 saturated heterocycles. The van der Waals surface area contributed by atoms with Crippen molar-refractivity contribution < 1.29 is 14.0 Å². The largest absolute Gasteiger partial charge is 0.368 e. The Balaban J connectivity index is 1.50. The standard InChI is InChI=1S/C22H27FN4O2/c1-2-3-12-24-22(29)27-15-13-26(14-16-27)20-10-8-19(9-11-20)25-21(28)17-4-6-18(23)7-5-17/h4-11H,2-3,12-16H2,1H3,(H,24,29)(H,25,28). The van der Waals surface area contributed by atoms with Gasteiger partial charge in [-0.05, 0) is 55.0 Å². The van der Waals surface area contributed by atoms with Crippen molar-refractivity contribution in [3.8, 4) is 0 Å². The van der Waals surface area contributed by atoms with Crippen LogP contribution in [0.25, 0.3) is 0 Å². The molecule has 0 bridgehead atoms. The summed E-state index contributed by atoms with van der Waals surface area (Å²) in [4.78, 5) is 28.4. The fraction of sp³-hybridized carbons (Fsp3) is 0.364. The first kappa shape index (κ1) is 20.6. The maximum absolute atomic E-state index is 13.0. The minimum atomic E-state index is -0.371. The zero-order valence-electron chi connectivity index (χ0n) is 16.7. The van der Waals surface area contributed by atoms with Crippen molar-refractivity contribution in [1.82, 2.24) is 10.2 Å². The van der Waals surface area contributed by atoms with E-state index in [1.807, 2.05) is 29.2 Å². The molecule has 1 aliphatic heterocycles. The Morgan fingerprint density at radius 1 is 0.966 bits per heavy atom. The first-order chi connectivity index (χ1) is 14.1. The number of carbonyl (C=O) groups excluding carboxylic acids is 2. The van der Waals surface area contributed by atoms with E-state index in [0.29, 0.717) is 24.3 Å². The SMILES string of the molecule is CCCCNC(=O)N1CCN(c2ccc(NC(=O)c3ccc(F)cc3)cc2)CC1. The molecule has 7 heteroatoms. The summed E-state index contributed by atoms with van der Waals surface area (Å²) < 4.78 is 13.0. The van der Waals surface area contributed by atoms with Gasteiger partial charge in [-0.15, -0.1) is 0 Å². The van der Waals surface area contributed by atoms with E-state index in [2.05, 4.69) is 22.5 Å². The van der Waals surface area contributed by atoms with Gasteiger partial charge in [-0.3, -0.25) is 4.79 Å². The molecule has 1 fully saturated rings. The van der Waals surface area contributed by atoms with E-state index >= 15 is 0 Å². The van der Waals surface area contributed by atoms with Crippen LogP contribution in [0.1, 0.15) is 30.1 Å². The molecular weight excluding hydrogens is 371 g/mol. The van der Waals surface area contributed by atoms with Crippen molar-refractivity contribution in [2.45, 2.75) is 19.8 Å². The summed E-state index contributed by atoms with van der Waals surface area (Å²) in [5.74, 6) is -0.648. The quantitative estimate of drug-likeness (QED) is 0.729. The van der Waals surface area contributed by atoms with E-state index in [1.165, 1.54) is 24.3 Å². The predicted molar refractivity (Wildman–Crippen MR) is 113 cm³/mol. The number of piperazine rings is 1. The van der Waals surface area contributed by atoms with Gasteiger partial charge in [-0.25, -0.2) is 9.18 Å². The van der Waals surface area contributed by atoms with E-state index in [1.54, 1.807) is 0 Å². The van der Waals surface area contributed by atoms with Crippen LogP contribution in [-0.4, -0.2) is 49.6 Å². The first-order valence-electron chi connectivity index (χ1n) is 10.0. The molecule has 0 atom stereocenters. The third-order valence-corrected chi connectivity index (χ3v) is 4.97. The van der Waals surface area contributed by atoms with Crippen LogP contribution >= 0.6 is 0 Å². The third-order valence-electron chi connectivity index (χ3n) is 4.97. The lowest BCUT2D eigenvalue weighted by Gasteiger charge is -2.36. The van der Waals surface area contributed by atoms with Crippen molar-refractivity contribution in [3.63, 3.8) is 0 Å². The van der Waals surface area contributed by atoms with Gasteiger partial charge >= 0.3 is 6.03 Å². The highest BCUT2D eigenvalue weighted by molar-refractivity contribution is 6.04. The minimum Gasteiger partial charge on any atom is -0.368 e. The number of hydrogen-bond donors (Lipinski definition) is 2. The van der Waals surface area contributed by atoms with Crippen LogP contribution in [0.4, 0.5) is 20.6 Å². The topological polar surface area (TPSA) is 64.7 Å². The Morgan fingerprint density at radius 2 is 1.62 bits per heavy atom. The number of halogens is 1. The predicted octanol–water partition coefficient (Wildman–Crippen LogP) is 3.71. The summed E-state index contributed by atoms with van der Waals surface area (Å²) in [6, 6.07) is 13.1. The lowest BCUT2D eigenvalue weighted by atomic mass is 10.2. The second kappa shape index (κ2) is 9.91. The van der Waals surface area contributed by atoms with Gasteiger partial charge in [-0.1, -0.05) is 13.3 Å². The zero-order chi connectivity index (χ0) is 20.6. The monoisotopic (exact) mass is 398 g/mol. The van der Waals surface area contributed by atoms with E-state index in [-0.39, 0.29) is 17.8 Å². The molecule has 0 radical (unpaired) electrons. The third kappa shape index (κ3) is 5.70. The number of hydrogen-bond acceptors (Lipinski definition) is 3. The Labute approximate surface area is 170 Å². The number of carbonyl (C=O) groups is 2. The second-order valence-electron chi connectivity index (χ2n) is 7.07. The zero-order valence-corrected chi connectivity index (χ0v) is 16.7. The molecular formula is C22H27FN4O2. The van der Waals surface area contributed by atoms with Gasteiger partial charge in [0.15, 0.2) is 0 Å². The Morgan fingerprint density at radius 3 is 2.24 bits per heavy atom. The molecule has 0 unspecified atom stereocenters. The fourth-order valence-electron chi connectivity index (χ4n) is 3.21. The van der Waals surface area contributed by atoms with E-state index in [4.69, 9.17) is 0 Å². The molecule has 2 aromatic rings. The van der Waals surface area contributed by atoms with Crippen LogP contribution in [-0.2, 0) is 0 Å². The fourth-order valence-corrected chi connectivity index (χ4v) is 3.21. The summed E-state index contributed by atoms with van der Waals surface area (Å²) in [5.41, 5.74) is 2.14. The molecule has 0 spiro atoms. The van der Waals surface area contributed by atoms with Crippen molar-refractivity contribution in [3.05, 3.63) is 59.9 Å². The van der Waals surface area contributed by atoms with Crippen LogP contribution in [0.15, 0.2) is 48.5 Å². The van der Waals surface area contributed by atoms with Gasteiger partial charge in [-0.2, -0.15) is 0 Å². The summed E-state index contributed by atoms with van der Waals surface area (Å²) in [6.45, 7) is 5.72. The van der Waals surface area contributed by atoms with Gasteiger partial charge in [0.25, 0.3) is 5.91 Å². The Hall–Kier alpha value is -3.09. The molecule has 0 aromatic heterocycles. The van der Waals surface area contributed by atoms with E-state index in [9.17, 15) is 14.0 Å². The molecule has 1 heterocycles. The summed E-state index contributed by atoms with van der Waals surface area (Å²) in [5, 5.41) is 5.77. The van der Waals surface area contributed by atoms with Gasteiger partial charge < -0.3 is 20.4 Å². The number of rotatable bonds is 6. The van der Waals surface area contributed by atoms with E-state index < -0.39 is 0 Å². The number of amides is 3. The van der Waals surface area contributed by atoms with Crippen LogP contribution in [0, 0.1) is 5.82 Å². The smallest absolute Gasteiger partial charge is 0.317 e. The maximum atomic E-state index is 13.0. The number of nitrogens with one attached hydrogen (secondary N) is 2. The molecule has 0 saturated carbocycles. The molecule has 3 rings (SSSR count). The molecule has 29 heavy (non-hydrogen) atoms.